The molecule has 18 heavy (non-hydrogen) atoms. The van der Waals surface area contributed by atoms with Crippen LogP contribution in [-0.2, 0) is 6.54 Å². The van der Waals surface area contributed by atoms with E-state index in [4.69, 9.17) is 17.3 Å². The Bertz CT molecular complexity index is 523. The molecule has 2 N–H and O–H groups in total. The highest BCUT2D eigenvalue weighted by atomic mass is 35.5. The molecule has 96 valence electrons. The Morgan fingerprint density at radius 1 is 1.44 bits per heavy atom. The fourth-order valence-electron chi connectivity index (χ4n) is 1.78. The maximum atomic E-state index is 12.8. The van der Waals surface area contributed by atoms with Gasteiger partial charge in [0, 0.05) is 6.54 Å². The van der Waals surface area contributed by atoms with Crippen LogP contribution in [0.3, 0.4) is 0 Å². The Kier molecular flexibility index (Phi) is 3.93. The number of aryl methyl sites for hydroxylation is 1. The van der Waals surface area contributed by atoms with Crippen molar-refractivity contribution in [2.45, 2.75) is 25.9 Å². The van der Waals surface area contributed by atoms with Gasteiger partial charge in [-0.25, -0.2) is 4.39 Å². The molecule has 6 heteroatoms. The number of hydrogen-bond donors (Lipinski definition) is 1. The minimum Gasteiger partial charge on any atom is -0.318 e. The summed E-state index contributed by atoms with van der Waals surface area (Å²) in [6.45, 7) is 2.78. The van der Waals surface area contributed by atoms with Gasteiger partial charge in [0.2, 0.25) is 0 Å². The van der Waals surface area contributed by atoms with E-state index in [1.807, 2.05) is 6.92 Å². The van der Waals surface area contributed by atoms with Gasteiger partial charge >= 0.3 is 0 Å². The minimum atomic E-state index is -0.507. The highest BCUT2D eigenvalue weighted by molar-refractivity contribution is 6.31. The summed E-state index contributed by atoms with van der Waals surface area (Å²) in [5, 5.41) is 4.67. The molecule has 1 atom stereocenters. The molecule has 0 fully saturated rings. The summed E-state index contributed by atoms with van der Waals surface area (Å²) in [7, 11) is 0. The number of nitrogens with two attached hydrogens (primary N) is 1. The predicted molar refractivity (Wildman–Crippen MR) is 67.8 cm³/mol. The summed E-state index contributed by atoms with van der Waals surface area (Å²) in [6.07, 6.45) is 3.63. The normalized spacial score (nSPS) is 12.7. The van der Waals surface area contributed by atoms with Gasteiger partial charge in [-0.3, -0.25) is 9.67 Å². The molecule has 0 aliphatic carbocycles. The van der Waals surface area contributed by atoms with E-state index in [0.29, 0.717) is 16.4 Å². The molecule has 1 unspecified atom stereocenters. The van der Waals surface area contributed by atoms with Gasteiger partial charge in [-0.2, -0.15) is 5.10 Å². The van der Waals surface area contributed by atoms with Crippen LogP contribution in [0.2, 0.25) is 5.02 Å². The first kappa shape index (κ1) is 13.0. The molecule has 0 amide bonds. The van der Waals surface area contributed by atoms with Crippen LogP contribution in [0.4, 0.5) is 4.39 Å². The summed E-state index contributed by atoms with van der Waals surface area (Å²) in [5.74, 6) is -0.390. The standard InChI is InChI=1S/C12H14ClFN4/c1-2-5-18-12(9(13)7-17-18)11(15)10-4-3-8(14)6-16-10/h3-4,6-7,11H,2,5,15H2,1H3. The molecule has 0 radical (unpaired) electrons. The Labute approximate surface area is 110 Å². The summed E-state index contributed by atoms with van der Waals surface area (Å²) < 4.78 is 14.6. The Hall–Kier alpha value is -1.46. The van der Waals surface area contributed by atoms with Crippen LogP contribution in [0.1, 0.15) is 30.8 Å². The monoisotopic (exact) mass is 268 g/mol. The van der Waals surface area contributed by atoms with Crippen LogP contribution in [0, 0.1) is 5.82 Å². The molecule has 2 heterocycles. The van der Waals surface area contributed by atoms with Crippen molar-refractivity contribution in [3.63, 3.8) is 0 Å². The van der Waals surface area contributed by atoms with Crippen LogP contribution in [0.15, 0.2) is 24.5 Å². The second kappa shape index (κ2) is 5.46. The molecule has 0 saturated heterocycles. The zero-order valence-electron chi connectivity index (χ0n) is 9.98. The van der Waals surface area contributed by atoms with Crippen molar-refractivity contribution < 1.29 is 4.39 Å². The van der Waals surface area contributed by atoms with Crippen LogP contribution < -0.4 is 5.73 Å². The van der Waals surface area contributed by atoms with E-state index in [1.165, 1.54) is 6.07 Å². The molecule has 0 saturated carbocycles. The zero-order valence-corrected chi connectivity index (χ0v) is 10.7. The van der Waals surface area contributed by atoms with Gasteiger partial charge in [0.25, 0.3) is 0 Å². The van der Waals surface area contributed by atoms with Crippen molar-refractivity contribution in [2.24, 2.45) is 5.73 Å². The number of pyridine rings is 1. The SMILES string of the molecule is CCCn1ncc(Cl)c1C(N)c1ccc(F)cn1. The van der Waals surface area contributed by atoms with Crippen molar-refractivity contribution in [1.29, 1.82) is 0 Å². The predicted octanol–water partition coefficient (Wildman–Crippen LogP) is 2.53. The van der Waals surface area contributed by atoms with E-state index in [9.17, 15) is 4.39 Å². The molecule has 4 nitrogen and oxygen atoms in total. The summed E-state index contributed by atoms with van der Waals surface area (Å²) in [5.41, 5.74) is 7.38. The third-order valence-corrected chi connectivity index (χ3v) is 2.92. The molecule has 0 aliphatic heterocycles. The van der Waals surface area contributed by atoms with E-state index in [0.717, 1.165) is 19.2 Å². The maximum Gasteiger partial charge on any atom is 0.141 e. The van der Waals surface area contributed by atoms with E-state index in [2.05, 4.69) is 10.1 Å². The van der Waals surface area contributed by atoms with Crippen LogP contribution in [0.25, 0.3) is 0 Å². The van der Waals surface area contributed by atoms with E-state index in [1.54, 1.807) is 16.9 Å². The van der Waals surface area contributed by atoms with Crippen LogP contribution in [0.5, 0.6) is 0 Å². The Morgan fingerprint density at radius 3 is 2.83 bits per heavy atom. The number of aromatic nitrogens is 3. The Morgan fingerprint density at radius 2 is 2.22 bits per heavy atom. The van der Waals surface area contributed by atoms with E-state index in [-0.39, 0.29) is 5.82 Å². The minimum absolute atomic E-state index is 0.390. The average molecular weight is 269 g/mol. The lowest BCUT2D eigenvalue weighted by Gasteiger charge is -2.14. The van der Waals surface area contributed by atoms with Crippen LogP contribution in [-0.4, -0.2) is 14.8 Å². The lowest BCUT2D eigenvalue weighted by atomic mass is 10.1. The molecule has 0 bridgehead atoms. The van der Waals surface area contributed by atoms with Crippen molar-refractivity contribution in [3.8, 4) is 0 Å². The lowest BCUT2D eigenvalue weighted by Crippen LogP contribution is -2.19. The Balaban J connectivity index is 2.35. The number of hydrogen-bond acceptors (Lipinski definition) is 3. The molecule has 2 aromatic rings. The maximum absolute atomic E-state index is 12.8. The van der Waals surface area contributed by atoms with Gasteiger partial charge in [-0.15, -0.1) is 0 Å². The van der Waals surface area contributed by atoms with Gasteiger partial charge in [0.1, 0.15) is 5.82 Å². The molecule has 2 rings (SSSR count). The summed E-state index contributed by atoms with van der Waals surface area (Å²) in [4.78, 5) is 3.98. The number of nitrogens with zero attached hydrogens (tertiary/aromatic N) is 3. The quantitative estimate of drug-likeness (QED) is 0.927. The molecule has 0 aromatic carbocycles. The molecule has 0 aliphatic rings. The fourth-order valence-corrected chi connectivity index (χ4v) is 2.04. The van der Waals surface area contributed by atoms with Crippen molar-refractivity contribution >= 4 is 11.6 Å². The lowest BCUT2D eigenvalue weighted by molar-refractivity contribution is 0.555. The largest absolute Gasteiger partial charge is 0.318 e. The zero-order chi connectivity index (χ0) is 13.1. The van der Waals surface area contributed by atoms with Gasteiger partial charge in [-0.05, 0) is 18.6 Å². The van der Waals surface area contributed by atoms with Crippen LogP contribution >= 0.6 is 11.6 Å². The summed E-state index contributed by atoms with van der Waals surface area (Å²) in [6, 6.07) is 2.38. The van der Waals surface area contributed by atoms with Gasteiger partial charge < -0.3 is 5.73 Å². The first-order valence-electron chi connectivity index (χ1n) is 5.71. The number of halogens is 2. The highest BCUT2D eigenvalue weighted by Gasteiger charge is 2.19. The highest BCUT2D eigenvalue weighted by Crippen LogP contribution is 2.25. The molecular weight excluding hydrogens is 255 g/mol. The molecular formula is C12H14ClFN4. The van der Waals surface area contributed by atoms with Gasteiger partial charge in [0.05, 0.1) is 34.8 Å². The van der Waals surface area contributed by atoms with E-state index < -0.39 is 6.04 Å². The fraction of sp³-hybridized carbons (Fsp3) is 0.333. The third-order valence-electron chi connectivity index (χ3n) is 2.63. The second-order valence-electron chi connectivity index (χ2n) is 3.98. The van der Waals surface area contributed by atoms with Gasteiger partial charge in [-0.1, -0.05) is 18.5 Å². The smallest absolute Gasteiger partial charge is 0.141 e. The molecule has 2 aromatic heterocycles. The second-order valence-corrected chi connectivity index (χ2v) is 4.39. The summed E-state index contributed by atoms with van der Waals surface area (Å²) >= 11 is 6.09. The van der Waals surface area contributed by atoms with E-state index >= 15 is 0 Å². The first-order valence-corrected chi connectivity index (χ1v) is 6.09. The van der Waals surface area contributed by atoms with Crippen molar-refractivity contribution in [2.75, 3.05) is 0 Å². The number of rotatable bonds is 4. The first-order chi connectivity index (χ1) is 8.63. The third kappa shape index (κ3) is 2.52. The van der Waals surface area contributed by atoms with Crippen molar-refractivity contribution in [3.05, 3.63) is 46.8 Å². The topological polar surface area (TPSA) is 56.7 Å². The van der Waals surface area contributed by atoms with Crippen molar-refractivity contribution in [1.82, 2.24) is 14.8 Å². The average Bonchev–Trinajstić information content (AvgIpc) is 2.71. The van der Waals surface area contributed by atoms with Gasteiger partial charge in [0.15, 0.2) is 0 Å². The molecule has 0 spiro atoms.